The molecule has 1 aromatic rings. The van der Waals surface area contributed by atoms with E-state index >= 15 is 0 Å². The van der Waals surface area contributed by atoms with Crippen LogP contribution in [0.4, 0.5) is 4.79 Å². The summed E-state index contributed by atoms with van der Waals surface area (Å²) in [6.07, 6.45) is 1.98. The fourth-order valence-corrected chi connectivity index (χ4v) is 2.91. The lowest BCUT2D eigenvalue weighted by atomic mass is 9.84. The average Bonchev–Trinajstić information content (AvgIpc) is 2.53. The van der Waals surface area contributed by atoms with E-state index in [-0.39, 0.29) is 24.0 Å². The van der Waals surface area contributed by atoms with Crippen LogP contribution >= 0.6 is 0 Å². The first-order chi connectivity index (χ1) is 10.4. The fraction of sp³-hybridized carbons (Fsp3) is 0.611. The molecule has 1 aliphatic rings. The Bertz CT molecular complexity index is 496. The summed E-state index contributed by atoms with van der Waals surface area (Å²) in [7, 11) is 0. The third kappa shape index (κ3) is 4.23. The van der Waals surface area contributed by atoms with Gasteiger partial charge >= 0.3 is 6.03 Å². The minimum atomic E-state index is -0.102. The molecule has 1 aliphatic heterocycles. The van der Waals surface area contributed by atoms with Crippen LogP contribution in [-0.2, 0) is 5.41 Å². The van der Waals surface area contributed by atoms with Crippen LogP contribution in [0.5, 0.6) is 0 Å². The zero-order valence-electron chi connectivity index (χ0n) is 13.9. The quantitative estimate of drug-likeness (QED) is 0.898. The topological polar surface area (TPSA) is 52.6 Å². The van der Waals surface area contributed by atoms with Crippen molar-refractivity contribution in [2.45, 2.75) is 39.0 Å². The van der Waals surface area contributed by atoms with Gasteiger partial charge in [0.2, 0.25) is 0 Å². The Labute approximate surface area is 133 Å². The van der Waals surface area contributed by atoms with Crippen LogP contribution in [-0.4, -0.2) is 42.3 Å². The average molecular weight is 304 g/mol. The summed E-state index contributed by atoms with van der Waals surface area (Å²) in [6, 6.07) is 8.46. The Hall–Kier alpha value is -1.55. The van der Waals surface area contributed by atoms with Crippen LogP contribution in [0.25, 0.3) is 0 Å². The van der Waals surface area contributed by atoms with Crippen LogP contribution < -0.4 is 5.32 Å². The molecule has 1 aromatic carbocycles. The molecule has 1 unspecified atom stereocenters. The number of likely N-dealkylation sites (tertiary alicyclic amines) is 1. The highest BCUT2D eigenvalue weighted by molar-refractivity contribution is 5.74. The third-order valence-corrected chi connectivity index (χ3v) is 4.58. The number of rotatable bonds is 4. The Kier molecular flexibility index (Phi) is 5.46. The Morgan fingerprint density at radius 3 is 2.68 bits per heavy atom. The van der Waals surface area contributed by atoms with E-state index in [2.05, 4.69) is 50.4 Å². The molecule has 2 N–H and O–H groups in total. The van der Waals surface area contributed by atoms with Gasteiger partial charge in [0.25, 0.3) is 0 Å². The number of urea groups is 1. The second kappa shape index (κ2) is 7.14. The van der Waals surface area contributed by atoms with Gasteiger partial charge in [0.05, 0.1) is 0 Å². The normalized spacial score (nSPS) is 19.1. The molecule has 0 saturated carbocycles. The highest BCUT2D eigenvalue weighted by atomic mass is 16.3. The Balaban J connectivity index is 1.90. The molecule has 1 saturated heterocycles. The van der Waals surface area contributed by atoms with Crippen molar-refractivity contribution < 1.29 is 9.90 Å². The lowest BCUT2D eigenvalue weighted by molar-refractivity contribution is 0.129. The summed E-state index contributed by atoms with van der Waals surface area (Å²) >= 11 is 0. The standard InChI is InChI=1S/C18H28N2O2/c1-14-6-8-16(9-7-14)18(2,3)13-19-17(22)20-10-4-5-15(11-20)12-21/h6-9,15,21H,4-5,10-13H2,1-3H3,(H,19,22). The zero-order valence-corrected chi connectivity index (χ0v) is 13.9. The first-order valence-corrected chi connectivity index (χ1v) is 8.13. The second-order valence-electron chi connectivity index (χ2n) is 7.05. The van der Waals surface area contributed by atoms with Crippen molar-refractivity contribution in [3.05, 3.63) is 35.4 Å². The van der Waals surface area contributed by atoms with Crippen molar-refractivity contribution in [3.8, 4) is 0 Å². The number of carbonyl (C=O) groups excluding carboxylic acids is 1. The molecule has 122 valence electrons. The van der Waals surface area contributed by atoms with Gasteiger partial charge in [-0.25, -0.2) is 4.79 Å². The molecule has 4 nitrogen and oxygen atoms in total. The summed E-state index contributed by atoms with van der Waals surface area (Å²) < 4.78 is 0. The number of aryl methyl sites for hydroxylation is 1. The molecule has 0 aliphatic carbocycles. The van der Waals surface area contributed by atoms with Gasteiger partial charge in [0.15, 0.2) is 0 Å². The molecule has 4 heteroatoms. The van der Waals surface area contributed by atoms with Crippen molar-refractivity contribution in [3.63, 3.8) is 0 Å². The van der Waals surface area contributed by atoms with Gasteiger partial charge < -0.3 is 15.3 Å². The van der Waals surface area contributed by atoms with E-state index in [0.29, 0.717) is 13.1 Å². The molecule has 0 spiro atoms. The number of amides is 2. The van der Waals surface area contributed by atoms with E-state index < -0.39 is 0 Å². The molecular weight excluding hydrogens is 276 g/mol. The van der Waals surface area contributed by atoms with Gasteiger partial charge in [-0.1, -0.05) is 43.7 Å². The predicted octanol–water partition coefficient (Wildman–Crippen LogP) is 2.69. The van der Waals surface area contributed by atoms with Crippen LogP contribution in [0.3, 0.4) is 0 Å². The molecule has 0 radical (unpaired) electrons. The smallest absolute Gasteiger partial charge is 0.317 e. The van der Waals surface area contributed by atoms with Crippen LogP contribution in [0, 0.1) is 12.8 Å². The van der Waals surface area contributed by atoms with Gasteiger partial charge in [-0.3, -0.25) is 0 Å². The van der Waals surface area contributed by atoms with Crippen molar-refractivity contribution in [2.24, 2.45) is 5.92 Å². The number of benzene rings is 1. The summed E-state index contributed by atoms with van der Waals surface area (Å²) in [5.74, 6) is 0.226. The summed E-state index contributed by atoms with van der Waals surface area (Å²) in [5, 5.41) is 12.3. The summed E-state index contributed by atoms with van der Waals surface area (Å²) in [4.78, 5) is 14.2. The molecule has 22 heavy (non-hydrogen) atoms. The van der Waals surface area contributed by atoms with Crippen molar-refractivity contribution in [1.29, 1.82) is 0 Å². The lowest BCUT2D eigenvalue weighted by Crippen LogP contribution is -2.48. The fourth-order valence-electron chi connectivity index (χ4n) is 2.91. The number of aliphatic hydroxyl groups is 1. The minimum absolute atomic E-state index is 0.0154. The van der Waals surface area contributed by atoms with E-state index in [4.69, 9.17) is 0 Å². The number of nitrogens with zero attached hydrogens (tertiary/aromatic N) is 1. The van der Waals surface area contributed by atoms with Crippen molar-refractivity contribution in [2.75, 3.05) is 26.2 Å². The highest BCUT2D eigenvalue weighted by Crippen LogP contribution is 2.23. The van der Waals surface area contributed by atoms with E-state index in [0.717, 1.165) is 19.4 Å². The number of carbonyl (C=O) groups is 1. The number of piperidine rings is 1. The lowest BCUT2D eigenvalue weighted by Gasteiger charge is -2.33. The van der Waals surface area contributed by atoms with E-state index in [1.54, 1.807) is 0 Å². The molecule has 0 aromatic heterocycles. The van der Waals surface area contributed by atoms with E-state index in [1.807, 2.05) is 4.90 Å². The van der Waals surface area contributed by atoms with E-state index in [1.165, 1.54) is 11.1 Å². The predicted molar refractivity (Wildman–Crippen MR) is 89.0 cm³/mol. The molecular formula is C18H28N2O2. The number of hydrogen-bond donors (Lipinski definition) is 2. The highest BCUT2D eigenvalue weighted by Gasteiger charge is 2.26. The number of aliphatic hydroxyl groups excluding tert-OH is 1. The maximum absolute atomic E-state index is 12.3. The van der Waals surface area contributed by atoms with Gasteiger partial charge in [-0.2, -0.15) is 0 Å². The number of hydrogen-bond acceptors (Lipinski definition) is 2. The van der Waals surface area contributed by atoms with E-state index in [9.17, 15) is 9.90 Å². The van der Waals surface area contributed by atoms with Gasteiger partial charge in [-0.15, -0.1) is 0 Å². The SMILES string of the molecule is Cc1ccc(C(C)(C)CNC(=O)N2CCCC(CO)C2)cc1. The molecule has 1 fully saturated rings. The first kappa shape index (κ1) is 16.8. The molecule has 1 heterocycles. The first-order valence-electron chi connectivity index (χ1n) is 8.13. The molecule has 2 amide bonds. The second-order valence-corrected chi connectivity index (χ2v) is 7.05. The zero-order chi connectivity index (χ0) is 16.2. The maximum Gasteiger partial charge on any atom is 0.317 e. The molecule has 1 atom stereocenters. The Morgan fingerprint density at radius 1 is 1.36 bits per heavy atom. The minimum Gasteiger partial charge on any atom is -0.396 e. The van der Waals surface area contributed by atoms with Crippen LogP contribution in [0.2, 0.25) is 0 Å². The Morgan fingerprint density at radius 2 is 2.05 bits per heavy atom. The van der Waals surface area contributed by atoms with Crippen molar-refractivity contribution >= 4 is 6.03 Å². The van der Waals surface area contributed by atoms with Gasteiger partial charge in [-0.05, 0) is 31.2 Å². The largest absolute Gasteiger partial charge is 0.396 e. The van der Waals surface area contributed by atoms with Gasteiger partial charge in [0, 0.05) is 31.7 Å². The monoisotopic (exact) mass is 304 g/mol. The summed E-state index contributed by atoms with van der Waals surface area (Å²) in [5.41, 5.74) is 2.37. The molecule has 0 bridgehead atoms. The van der Waals surface area contributed by atoms with Gasteiger partial charge in [0.1, 0.15) is 0 Å². The summed E-state index contributed by atoms with van der Waals surface area (Å²) in [6.45, 7) is 8.58. The van der Waals surface area contributed by atoms with Crippen LogP contribution in [0.15, 0.2) is 24.3 Å². The van der Waals surface area contributed by atoms with Crippen LogP contribution in [0.1, 0.15) is 37.8 Å². The third-order valence-electron chi connectivity index (χ3n) is 4.58. The number of nitrogens with one attached hydrogen (secondary N) is 1. The van der Waals surface area contributed by atoms with Crippen molar-refractivity contribution in [1.82, 2.24) is 10.2 Å². The molecule has 2 rings (SSSR count). The maximum atomic E-state index is 12.3.